The van der Waals surface area contributed by atoms with Crippen LogP contribution >= 0.6 is 0 Å². The van der Waals surface area contributed by atoms with E-state index in [-0.39, 0.29) is 18.3 Å². The van der Waals surface area contributed by atoms with Gasteiger partial charge in [0.2, 0.25) is 10.0 Å². The lowest BCUT2D eigenvalue weighted by Crippen LogP contribution is -2.37. The smallest absolute Gasteiger partial charge is 0.213 e. The topological polar surface area (TPSA) is 72.2 Å². The molecule has 3 N–H and O–H groups in total. The third-order valence-electron chi connectivity index (χ3n) is 2.08. The number of hydrogen-bond acceptors (Lipinski definition) is 3. The van der Waals surface area contributed by atoms with Crippen LogP contribution in [0.2, 0.25) is 0 Å². The molecule has 0 saturated heterocycles. The van der Waals surface area contributed by atoms with Gasteiger partial charge in [-0.25, -0.2) is 13.1 Å². The molecule has 0 aliphatic heterocycles. The van der Waals surface area contributed by atoms with Gasteiger partial charge >= 0.3 is 0 Å². The summed E-state index contributed by atoms with van der Waals surface area (Å²) in [5.74, 6) is 0.585. The maximum Gasteiger partial charge on any atom is 0.213 e. The predicted molar refractivity (Wildman–Crippen MR) is 48.2 cm³/mol. The van der Waals surface area contributed by atoms with Crippen LogP contribution in [0.3, 0.4) is 0 Å². The lowest BCUT2D eigenvalue weighted by Gasteiger charge is -2.11. The van der Waals surface area contributed by atoms with Gasteiger partial charge in [0, 0.05) is 12.6 Å². The molecular weight excluding hydrogens is 176 g/mol. The molecule has 1 fully saturated rings. The molecule has 0 radical (unpaired) electrons. The summed E-state index contributed by atoms with van der Waals surface area (Å²) in [6.07, 6.45) is 2.29. The fourth-order valence-electron chi connectivity index (χ4n) is 1.19. The van der Waals surface area contributed by atoms with Crippen LogP contribution in [0.5, 0.6) is 0 Å². The molecule has 1 atom stereocenters. The van der Waals surface area contributed by atoms with Crippen molar-refractivity contribution in [3.8, 4) is 0 Å². The van der Waals surface area contributed by atoms with Gasteiger partial charge in [-0.3, -0.25) is 0 Å². The summed E-state index contributed by atoms with van der Waals surface area (Å²) >= 11 is 0. The first-order valence-corrected chi connectivity index (χ1v) is 5.90. The Morgan fingerprint density at radius 3 is 2.58 bits per heavy atom. The summed E-state index contributed by atoms with van der Waals surface area (Å²) in [6.45, 7) is 2.10. The SMILES string of the molecule is CC(NS(=O)(=O)CCN)C1CC1. The van der Waals surface area contributed by atoms with Crippen molar-refractivity contribution in [1.29, 1.82) is 0 Å². The fraction of sp³-hybridized carbons (Fsp3) is 1.00. The third kappa shape index (κ3) is 3.08. The van der Waals surface area contributed by atoms with Crippen molar-refractivity contribution in [3.05, 3.63) is 0 Å². The second-order valence-electron chi connectivity index (χ2n) is 3.35. The third-order valence-corrected chi connectivity index (χ3v) is 3.59. The first-order valence-electron chi connectivity index (χ1n) is 4.25. The Balaban J connectivity index is 2.37. The predicted octanol–water partition coefficient (Wildman–Crippen LogP) is -0.337. The molecule has 1 aliphatic carbocycles. The van der Waals surface area contributed by atoms with E-state index in [9.17, 15) is 8.42 Å². The molecule has 1 aliphatic rings. The molecule has 0 aromatic rings. The lowest BCUT2D eigenvalue weighted by molar-refractivity contribution is 0.538. The van der Waals surface area contributed by atoms with Crippen molar-refractivity contribution in [2.24, 2.45) is 11.7 Å². The normalized spacial score (nSPS) is 20.8. The summed E-state index contributed by atoms with van der Waals surface area (Å²) in [6, 6.07) is 0.0848. The van der Waals surface area contributed by atoms with E-state index in [2.05, 4.69) is 4.72 Å². The Morgan fingerprint density at radius 1 is 1.58 bits per heavy atom. The summed E-state index contributed by atoms with van der Waals surface area (Å²) in [4.78, 5) is 0. The highest BCUT2D eigenvalue weighted by Crippen LogP contribution is 2.32. The van der Waals surface area contributed by atoms with E-state index in [0.717, 1.165) is 12.8 Å². The van der Waals surface area contributed by atoms with E-state index in [1.54, 1.807) is 0 Å². The molecule has 1 rings (SSSR count). The van der Waals surface area contributed by atoms with Crippen LogP contribution in [0.15, 0.2) is 0 Å². The Kier molecular flexibility index (Phi) is 3.09. The number of nitrogens with one attached hydrogen (secondary N) is 1. The highest BCUT2D eigenvalue weighted by Gasteiger charge is 2.30. The lowest BCUT2D eigenvalue weighted by atomic mass is 10.2. The molecule has 72 valence electrons. The summed E-state index contributed by atoms with van der Waals surface area (Å²) < 4.78 is 25.0. The number of rotatable bonds is 5. The minimum atomic E-state index is -3.11. The molecule has 12 heavy (non-hydrogen) atoms. The Labute approximate surface area is 73.6 Å². The molecule has 5 heteroatoms. The zero-order valence-corrected chi connectivity index (χ0v) is 8.10. The Bertz CT molecular complexity index is 234. The van der Waals surface area contributed by atoms with Crippen molar-refractivity contribution in [2.45, 2.75) is 25.8 Å². The molecule has 0 spiro atoms. The van der Waals surface area contributed by atoms with E-state index >= 15 is 0 Å². The van der Waals surface area contributed by atoms with E-state index in [4.69, 9.17) is 5.73 Å². The van der Waals surface area contributed by atoms with Crippen LogP contribution in [0.25, 0.3) is 0 Å². The number of hydrogen-bond donors (Lipinski definition) is 2. The maximum atomic E-state index is 11.2. The summed E-state index contributed by atoms with van der Waals surface area (Å²) in [7, 11) is -3.11. The summed E-state index contributed by atoms with van der Waals surface area (Å²) in [5, 5.41) is 0. The van der Waals surface area contributed by atoms with E-state index in [1.165, 1.54) is 0 Å². The van der Waals surface area contributed by atoms with Gasteiger partial charge in [-0.2, -0.15) is 0 Å². The molecule has 1 unspecified atom stereocenters. The molecular formula is C7H16N2O2S. The van der Waals surface area contributed by atoms with Crippen molar-refractivity contribution in [1.82, 2.24) is 4.72 Å². The van der Waals surface area contributed by atoms with Gasteiger partial charge in [-0.1, -0.05) is 0 Å². The van der Waals surface area contributed by atoms with Crippen LogP contribution in [-0.4, -0.2) is 26.8 Å². The summed E-state index contributed by atoms with van der Waals surface area (Å²) in [5.41, 5.74) is 5.16. The van der Waals surface area contributed by atoms with Gasteiger partial charge < -0.3 is 5.73 Å². The first kappa shape index (κ1) is 9.95. The number of nitrogens with two attached hydrogens (primary N) is 1. The zero-order valence-electron chi connectivity index (χ0n) is 7.29. The minimum absolute atomic E-state index is 0.0318. The van der Waals surface area contributed by atoms with Crippen LogP contribution in [-0.2, 0) is 10.0 Å². The highest BCUT2D eigenvalue weighted by molar-refractivity contribution is 7.89. The van der Waals surface area contributed by atoms with E-state index < -0.39 is 10.0 Å². The maximum absolute atomic E-state index is 11.2. The van der Waals surface area contributed by atoms with Crippen molar-refractivity contribution < 1.29 is 8.42 Å². The first-order chi connectivity index (χ1) is 5.55. The molecule has 1 saturated carbocycles. The van der Waals surface area contributed by atoms with Gasteiger partial charge in [0.15, 0.2) is 0 Å². The molecule has 0 heterocycles. The highest BCUT2D eigenvalue weighted by atomic mass is 32.2. The van der Waals surface area contributed by atoms with Gasteiger partial charge in [-0.15, -0.1) is 0 Å². The van der Waals surface area contributed by atoms with Crippen LogP contribution in [0, 0.1) is 5.92 Å². The second kappa shape index (κ2) is 3.72. The minimum Gasteiger partial charge on any atom is -0.329 e. The molecule has 0 amide bonds. The van der Waals surface area contributed by atoms with Crippen LogP contribution in [0.1, 0.15) is 19.8 Å². The number of sulfonamides is 1. The standard InChI is InChI=1S/C7H16N2O2S/c1-6(7-2-3-7)9-12(10,11)5-4-8/h6-7,9H,2-5,8H2,1H3. The van der Waals surface area contributed by atoms with Crippen molar-refractivity contribution >= 4 is 10.0 Å². The van der Waals surface area contributed by atoms with Crippen LogP contribution in [0.4, 0.5) is 0 Å². The van der Waals surface area contributed by atoms with Gasteiger partial charge in [0.25, 0.3) is 0 Å². The molecule has 0 bridgehead atoms. The van der Waals surface area contributed by atoms with Gasteiger partial charge in [-0.05, 0) is 25.7 Å². The molecule has 4 nitrogen and oxygen atoms in total. The fourth-order valence-corrected chi connectivity index (χ4v) is 2.38. The Morgan fingerprint density at radius 2 is 2.17 bits per heavy atom. The average molecular weight is 192 g/mol. The molecule has 0 aromatic heterocycles. The van der Waals surface area contributed by atoms with E-state index in [1.807, 2.05) is 6.92 Å². The largest absolute Gasteiger partial charge is 0.329 e. The van der Waals surface area contributed by atoms with E-state index in [0.29, 0.717) is 5.92 Å². The monoisotopic (exact) mass is 192 g/mol. The van der Waals surface area contributed by atoms with Crippen molar-refractivity contribution in [2.75, 3.05) is 12.3 Å². The zero-order chi connectivity index (χ0) is 9.19. The average Bonchev–Trinajstić information content (AvgIpc) is 2.65. The van der Waals surface area contributed by atoms with Crippen molar-refractivity contribution in [3.63, 3.8) is 0 Å². The van der Waals surface area contributed by atoms with Gasteiger partial charge in [0.1, 0.15) is 0 Å². The second-order valence-corrected chi connectivity index (χ2v) is 5.22. The van der Waals surface area contributed by atoms with Crippen LogP contribution < -0.4 is 10.5 Å². The Hall–Kier alpha value is -0.130. The van der Waals surface area contributed by atoms with Gasteiger partial charge in [0.05, 0.1) is 5.75 Å². The quantitative estimate of drug-likeness (QED) is 0.626. The molecule has 0 aromatic carbocycles.